The molecule has 0 heterocycles. The third-order valence-corrected chi connectivity index (χ3v) is 9.13. The van der Waals surface area contributed by atoms with Crippen LogP contribution in [0.15, 0.2) is 29.2 Å². The standard InChI is InChI=1S/C37H67IO15S/c1-36-6-8-37(9-7-36)54(39,40)53-35-34-52-33-32-51-31-30-50-29-28-49-27-26-48-25-24-47-23-22-46-21-20-45-19-18-44-17-16-43-15-14-42-13-12-41-11-5-3-2-4-10-38/h6-9H,2-5,10-35H2,1H3. The quantitative estimate of drug-likeness (QED) is 0.0403. The molecule has 17 heteroatoms. The molecule has 54 heavy (non-hydrogen) atoms. The lowest BCUT2D eigenvalue weighted by Crippen LogP contribution is -2.16. The molecule has 0 unspecified atom stereocenters. The van der Waals surface area contributed by atoms with Gasteiger partial charge in [-0.1, -0.05) is 53.1 Å². The van der Waals surface area contributed by atoms with E-state index in [4.69, 9.17) is 61.0 Å². The zero-order valence-electron chi connectivity index (χ0n) is 32.4. The first-order chi connectivity index (χ1) is 26.6. The van der Waals surface area contributed by atoms with Crippen molar-refractivity contribution in [3.05, 3.63) is 29.8 Å². The van der Waals surface area contributed by atoms with E-state index in [0.29, 0.717) is 145 Å². The summed E-state index contributed by atoms with van der Waals surface area (Å²) in [6.45, 7) is 13.6. The largest absolute Gasteiger partial charge is 0.379 e. The van der Waals surface area contributed by atoms with Crippen LogP contribution in [0.1, 0.15) is 31.2 Å². The highest BCUT2D eigenvalue weighted by molar-refractivity contribution is 14.1. The Kier molecular flexibility index (Phi) is 38.6. The Balaban J connectivity index is 1.65. The van der Waals surface area contributed by atoms with Crippen LogP contribution in [0.5, 0.6) is 0 Å². The highest BCUT2D eigenvalue weighted by Gasteiger charge is 2.14. The van der Waals surface area contributed by atoms with Gasteiger partial charge in [-0.3, -0.25) is 4.18 Å². The Morgan fingerprint density at radius 1 is 0.370 bits per heavy atom. The first kappa shape index (κ1) is 51.4. The molecule has 15 nitrogen and oxygen atoms in total. The SMILES string of the molecule is Cc1ccc(S(=O)(=O)OCCOCCOCCOCCOCCOCCOCCOCCOCCOCCOCCOCCOCCCCCCI)cc1. The molecule has 0 radical (unpaired) electrons. The van der Waals surface area contributed by atoms with Crippen LogP contribution in [0.2, 0.25) is 0 Å². The summed E-state index contributed by atoms with van der Waals surface area (Å²) in [5, 5.41) is 0. The molecule has 1 aromatic rings. The summed E-state index contributed by atoms with van der Waals surface area (Å²) in [5.41, 5.74) is 0.975. The molecule has 0 fully saturated rings. The molecule has 0 aliphatic carbocycles. The number of benzene rings is 1. The van der Waals surface area contributed by atoms with Gasteiger partial charge in [0.25, 0.3) is 10.1 Å². The zero-order valence-corrected chi connectivity index (χ0v) is 35.4. The molecule has 1 aromatic carbocycles. The van der Waals surface area contributed by atoms with Gasteiger partial charge in [0.05, 0.1) is 163 Å². The predicted molar refractivity (Wildman–Crippen MR) is 211 cm³/mol. The minimum Gasteiger partial charge on any atom is -0.379 e. The van der Waals surface area contributed by atoms with Crippen LogP contribution < -0.4 is 0 Å². The summed E-state index contributed by atoms with van der Waals surface area (Å²) in [5.74, 6) is 0. The van der Waals surface area contributed by atoms with Crippen molar-refractivity contribution in [2.45, 2.75) is 37.5 Å². The minimum absolute atomic E-state index is 0.0602. The van der Waals surface area contributed by atoms with Gasteiger partial charge in [0.15, 0.2) is 0 Å². The van der Waals surface area contributed by atoms with Crippen LogP contribution in [0, 0.1) is 6.92 Å². The highest BCUT2D eigenvalue weighted by Crippen LogP contribution is 2.13. The molecular formula is C37H67IO15S. The van der Waals surface area contributed by atoms with E-state index in [-0.39, 0.29) is 18.1 Å². The lowest BCUT2D eigenvalue weighted by molar-refractivity contribution is -0.0285. The maximum Gasteiger partial charge on any atom is 0.297 e. The van der Waals surface area contributed by atoms with Crippen molar-refractivity contribution in [3.63, 3.8) is 0 Å². The van der Waals surface area contributed by atoms with E-state index < -0.39 is 10.1 Å². The van der Waals surface area contributed by atoms with Gasteiger partial charge in [0.2, 0.25) is 0 Å². The van der Waals surface area contributed by atoms with Crippen LogP contribution in [0.4, 0.5) is 0 Å². The van der Waals surface area contributed by atoms with Gasteiger partial charge < -0.3 is 56.8 Å². The molecule has 0 aromatic heterocycles. The summed E-state index contributed by atoms with van der Waals surface area (Å²) in [6.07, 6.45) is 4.95. The fraction of sp³-hybridized carbons (Fsp3) is 0.838. The summed E-state index contributed by atoms with van der Waals surface area (Å²) < 4.78 is 96.1. The molecule has 0 saturated heterocycles. The smallest absolute Gasteiger partial charge is 0.297 e. The fourth-order valence-electron chi connectivity index (χ4n) is 4.15. The molecular weight excluding hydrogens is 843 g/mol. The highest BCUT2D eigenvalue weighted by atomic mass is 127. The summed E-state index contributed by atoms with van der Waals surface area (Å²) >= 11 is 2.42. The molecule has 0 aliphatic rings. The lowest BCUT2D eigenvalue weighted by Gasteiger charge is -2.09. The molecule has 0 bridgehead atoms. The average Bonchev–Trinajstić information content (AvgIpc) is 3.17. The molecule has 0 atom stereocenters. The Morgan fingerprint density at radius 3 is 0.926 bits per heavy atom. The molecule has 318 valence electrons. The van der Waals surface area contributed by atoms with Gasteiger partial charge in [-0.25, -0.2) is 0 Å². The number of rotatable bonds is 44. The number of aryl methyl sites for hydroxylation is 1. The Morgan fingerprint density at radius 2 is 0.630 bits per heavy atom. The first-order valence-electron chi connectivity index (χ1n) is 19.0. The van der Waals surface area contributed by atoms with Crippen molar-refractivity contribution in [1.82, 2.24) is 0 Å². The van der Waals surface area contributed by atoms with Crippen molar-refractivity contribution in [1.29, 1.82) is 0 Å². The van der Waals surface area contributed by atoms with Crippen molar-refractivity contribution < 1.29 is 69.4 Å². The topological polar surface area (TPSA) is 154 Å². The van der Waals surface area contributed by atoms with Crippen molar-refractivity contribution in [2.24, 2.45) is 0 Å². The lowest BCUT2D eigenvalue weighted by atomic mass is 10.2. The van der Waals surface area contributed by atoms with Crippen LogP contribution in [-0.2, 0) is 71.1 Å². The summed E-state index contributed by atoms with van der Waals surface area (Å²) in [7, 11) is -3.78. The summed E-state index contributed by atoms with van der Waals surface area (Å²) in [4.78, 5) is 0.128. The average molecular weight is 911 g/mol. The number of halogens is 1. The van der Waals surface area contributed by atoms with Gasteiger partial charge in [0.1, 0.15) is 0 Å². The van der Waals surface area contributed by atoms with Gasteiger partial charge in [-0.15, -0.1) is 0 Å². The monoisotopic (exact) mass is 910 g/mol. The van der Waals surface area contributed by atoms with Crippen molar-refractivity contribution >= 4 is 32.7 Å². The zero-order chi connectivity index (χ0) is 38.9. The van der Waals surface area contributed by atoms with E-state index in [9.17, 15) is 8.42 Å². The van der Waals surface area contributed by atoms with E-state index in [1.165, 1.54) is 35.8 Å². The Labute approximate surface area is 337 Å². The van der Waals surface area contributed by atoms with E-state index >= 15 is 0 Å². The normalized spacial score (nSPS) is 11.9. The fourth-order valence-corrected chi connectivity index (χ4v) is 5.58. The number of alkyl halides is 1. The van der Waals surface area contributed by atoms with E-state index in [1.54, 1.807) is 12.1 Å². The first-order valence-corrected chi connectivity index (χ1v) is 21.9. The van der Waals surface area contributed by atoms with Gasteiger partial charge in [-0.05, 0) is 36.3 Å². The Hall–Kier alpha value is -0.620. The molecule has 0 amide bonds. The summed E-state index contributed by atoms with van der Waals surface area (Å²) in [6, 6.07) is 6.48. The molecule has 0 saturated carbocycles. The molecule has 0 spiro atoms. The molecule has 0 aliphatic heterocycles. The number of ether oxygens (including phenoxy) is 12. The number of unbranched alkanes of at least 4 members (excludes halogenated alkanes) is 3. The third-order valence-electron chi connectivity index (χ3n) is 7.04. The number of hydrogen-bond acceptors (Lipinski definition) is 15. The number of hydrogen-bond donors (Lipinski definition) is 0. The Bertz CT molecular complexity index is 1010. The predicted octanol–water partition coefficient (Wildman–Crippen LogP) is 3.89. The second kappa shape index (κ2) is 40.6. The van der Waals surface area contributed by atoms with Crippen LogP contribution in [0.25, 0.3) is 0 Å². The van der Waals surface area contributed by atoms with Crippen LogP contribution in [-0.4, -0.2) is 178 Å². The maximum atomic E-state index is 12.1. The molecule has 0 N–H and O–H groups in total. The van der Waals surface area contributed by atoms with Gasteiger partial charge >= 0.3 is 0 Å². The van der Waals surface area contributed by atoms with Crippen LogP contribution in [0.3, 0.4) is 0 Å². The third kappa shape index (κ3) is 35.8. The second-order valence-electron chi connectivity index (χ2n) is 11.5. The van der Waals surface area contributed by atoms with Crippen LogP contribution >= 0.6 is 22.6 Å². The van der Waals surface area contributed by atoms with Gasteiger partial charge in [0, 0.05) is 6.61 Å². The maximum absolute atomic E-state index is 12.1. The second-order valence-corrected chi connectivity index (χ2v) is 14.2. The van der Waals surface area contributed by atoms with E-state index in [0.717, 1.165) is 18.6 Å². The minimum atomic E-state index is -3.78. The molecule has 1 rings (SSSR count). The van der Waals surface area contributed by atoms with Crippen molar-refractivity contribution in [3.8, 4) is 0 Å². The van der Waals surface area contributed by atoms with E-state index in [1.807, 2.05) is 6.92 Å². The van der Waals surface area contributed by atoms with E-state index in [2.05, 4.69) is 22.6 Å². The van der Waals surface area contributed by atoms with Gasteiger partial charge in [-0.2, -0.15) is 8.42 Å². The van der Waals surface area contributed by atoms with Crippen molar-refractivity contribution in [2.75, 3.05) is 170 Å².